The van der Waals surface area contributed by atoms with Crippen LogP contribution >= 0.6 is 0 Å². The van der Waals surface area contributed by atoms with Crippen molar-refractivity contribution in [3.63, 3.8) is 0 Å². The SMILES string of the molecule is CC(O)Cn1cnc2c1CCCC2. The van der Waals surface area contributed by atoms with Crippen LogP contribution in [0.5, 0.6) is 0 Å². The minimum absolute atomic E-state index is 0.278. The van der Waals surface area contributed by atoms with Crippen molar-refractivity contribution in [2.45, 2.75) is 45.3 Å². The van der Waals surface area contributed by atoms with E-state index in [0.29, 0.717) is 6.54 Å². The van der Waals surface area contributed by atoms with Gasteiger partial charge in [-0.15, -0.1) is 0 Å². The maximum Gasteiger partial charge on any atom is 0.0952 e. The third kappa shape index (κ3) is 1.75. The summed E-state index contributed by atoms with van der Waals surface area (Å²) in [4.78, 5) is 4.36. The third-order valence-corrected chi connectivity index (χ3v) is 2.57. The van der Waals surface area contributed by atoms with Gasteiger partial charge in [0.25, 0.3) is 0 Å². The molecule has 1 atom stereocenters. The van der Waals surface area contributed by atoms with Gasteiger partial charge in [-0.1, -0.05) is 0 Å². The van der Waals surface area contributed by atoms with Crippen LogP contribution in [0.2, 0.25) is 0 Å². The lowest BCUT2D eigenvalue weighted by atomic mass is 10.0. The maximum atomic E-state index is 9.28. The molecule has 1 aromatic heterocycles. The van der Waals surface area contributed by atoms with E-state index in [-0.39, 0.29) is 6.10 Å². The highest BCUT2D eigenvalue weighted by atomic mass is 16.3. The van der Waals surface area contributed by atoms with Crippen molar-refractivity contribution in [3.05, 3.63) is 17.7 Å². The van der Waals surface area contributed by atoms with Crippen LogP contribution in [0.4, 0.5) is 0 Å². The summed E-state index contributed by atoms with van der Waals surface area (Å²) in [6, 6.07) is 0. The van der Waals surface area contributed by atoms with Gasteiger partial charge in [0.15, 0.2) is 0 Å². The van der Waals surface area contributed by atoms with Gasteiger partial charge in [-0.2, -0.15) is 0 Å². The first-order chi connectivity index (χ1) is 6.27. The Morgan fingerprint density at radius 3 is 3.08 bits per heavy atom. The smallest absolute Gasteiger partial charge is 0.0952 e. The van der Waals surface area contributed by atoms with Gasteiger partial charge in [0.1, 0.15) is 0 Å². The number of rotatable bonds is 2. The van der Waals surface area contributed by atoms with E-state index >= 15 is 0 Å². The highest BCUT2D eigenvalue weighted by Gasteiger charge is 2.15. The lowest BCUT2D eigenvalue weighted by molar-refractivity contribution is 0.172. The minimum atomic E-state index is -0.278. The Morgan fingerprint density at radius 2 is 2.31 bits per heavy atom. The van der Waals surface area contributed by atoms with E-state index in [9.17, 15) is 5.11 Å². The van der Waals surface area contributed by atoms with E-state index in [1.54, 1.807) is 0 Å². The zero-order valence-electron chi connectivity index (χ0n) is 8.03. The molecule has 0 amide bonds. The van der Waals surface area contributed by atoms with Gasteiger partial charge >= 0.3 is 0 Å². The largest absolute Gasteiger partial charge is 0.392 e. The lowest BCUT2D eigenvalue weighted by Gasteiger charge is -2.14. The molecule has 13 heavy (non-hydrogen) atoms. The number of hydrogen-bond donors (Lipinski definition) is 1. The van der Waals surface area contributed by atoms with Crippen LogP contribution in [0.25, 0.3) is 0 Å². The van der Waals surface area contributed by atoms with Crippen molar-refractivity contribution >= 4 is 0 Å². The van der Waals surface area contributed by atoms with Crippen LogP contribution in [-0.2, 0) is 19.4 Å². The third-order valence-electron chi connectivity index (χ3n) is 2.57. The summed E-state index contributed by atoms with van der Waals surface area (Å²) in [6.45, 7) is 2.50. The standard InChI is InChI=1S/C10H16N2O/c1-8(13)6-12-7-11-9-4-2-3-5-10(9)12/h7-8,13H,2-6H2,1H3. The minimum Gasteiger partial charge on any atom is -0.392 e. The Morgan fingerprint density at radius 1 is 1.54 bits per heavy atom. The number of aromatic nitrogens is 2. The molecule has 0 saturated carbocycles. The number of aryl methyl sites for hydroxylation is 1. The number of hydrogen-bond acceptors (Lipinski definition) is 2. The molecule has 1 aliphatic rings. The Labute approximate surface area is 78.4 Å². The van der Waals surface area contributed by atoms with E-state index in [1.807, 2.05) is 13.3 Å². The van der Waals surface area contributed by atoms with Crippen LogP contribution < -0.4 is 0 Å². The molecular formula is C10H16N2O. The normalized spacial score (nSPS) is 18.3. The van der Waals surface area contributed by atoms with E-state index in [2.05, 4.69) is 9.55 Å². The molecule has 0 aromatic carbocycles. The summed E-state index contributed by atoms with van der Waals surface area (Å²) in [5.74, 6) is 0. The molecule has 1 unspecified atom stereocenters. The van der Waals surface area contributed by atoms with Crippen molar-refractivity contribution in [2.24, 2.45) is 0 Å². The van der Waals surface area contributed by atoms with Gasteiger partial charge < -0.3 is 9.67 Å². The average Bonchev–Trinajstić information content (AvgIpc) is 2.48. The first-order valence-electron chi connectivity index (χ1n) is 4.98. The van der Waals surface area contributed by atoms with E-state index in [1.165, 1.54) is 24.2 Å². The predicted octanol–water partition coefficient (Wildman–Crippen LogP) is 1.14. The molecule has 0 fully saturated rings. The van der Waals surface area contributed by atoms with Crippen LogP contribution in [0.1, 0.15) is 31.2 Å². The van der Waals surface area contributed by atoms with Gasteiger partial charge in [-0.3, -0.25) is 0 Å². The second kappa shape index (κ2) is 3.50. The molecule has 3 heteroatoms. The Hall–Kier alpha value is -0.830. The van der Waals surface area contributed by atoms with Crippen LogP contribution in [-0.4, -0.2) is 20.8 Å². The molecule has 0 bridgehead atoms. The van der Waals surface area contributed by atoms with Gasteiger partial charge in [0.2, 0.25) is 0 Å². The number of aliphatic hydroxyl groups excluding tert-OH is 1. The monoisotopic (exact) mass is 180 g/mol. The highest BCUT2D eigenvalue weighted by molar-refractivity contribution is 5.16. The molecular weight excluding hydrogens is 164 g/mol. The van der Waals surface area contributed by atoms with Crippen LogP contribution in [0, 0.1) is 0 Å². The fourth-order valence-electron chi connectivity index (χ4n) is 1.97. The topological polar surface area (TPSA) is 38.0 Å². The van der Waals surface area contributed by atoms with Crippen molar-refractivity contribution in [1.82, 2.24) is 9.55 Å². The Kier molecular flexibility index (Phi) is 2.36. The zero-order chi connectivity index (χ0) is 9.26. The molecule has 0 radical (unpaired) electrons. The van der Waals surface area contributed by atoms with Crippen molar-refractivity contribution in [2.75, 3.05) is 0 Å². The maximum absolute atomic E-state index is 9.28. The summed E-state index contributed by atoms with van der Waals surface area (Å²) in [7, 11) is 0. The first kappa shape index (κ1) is 8.75. The van der Waals surface area contributed by atoms with Gasteiger partial charge in [-0.05, 0) is 32.6 Å². The number of nitrogens with zero attached hydrogens (tertiary/aromatic N) is 2. The molecule has 0 aliphatic heterocycles. The highest BCUT2D eigenvalue weighted by Crippen LogP contribution is 2.19. The molecule has 1 N–H and O–H groups in total. The quantitative estimate of drug-likeness (QED) is 0.741. The fraction of sp³-hybridized carbons (Fsp3) is 0.700. The molecule has 1 aliphatic carbocycles. The van der Waals surface area contributed by atoms with Crippen molar-refractivity contribution in [3.8, 4) is 0 Å². The first-order valence-corrected chi connectivity index (χ1v) is 4.98. The van der Waals surface area contributed by atoms with Gasteiger partial charge in [0.05, 0.1) is 18.1 Å². The average molecular weight is 180 g/mol. The molecule has 2 rings (SSSR count). The summed E-state index contributed by atoms with van der Waals surface area (Å²) in [6.07, 6.45) is 6.35. The van der Waals surface area contributed by atoms with Gasteiger partial charge in [-0.25, -0.2) is 4.98 Å². The lowest BCUT2D eigenvalue weighted by Crippen LogP contribution is -2.15. The molecule has 1 aromatic rings. The van der Waals surface area contributed by atoms with Crippen LogP contribution in [0.15, 0.2) is 6.33 Å². The summed E-state index contributed by atoms with van der Waals surface area (Å²) in [5.41, 5.74) is 2.58. The van der Waals surface area contributed by atoms with E-state index < -0.39 is 0 Å². The predicted molar refractivity (Wildman–Crippen MR) is 50.5 cm³/mol. The van der Waals surface area contributed by atoms with E-state index in [4.69, 9.17) is 0 Å². The molecule has 0 saturated heterocycles. The van der Waals surface area contributed by atoms with E-state index in [0.717, 1.165) is 12.8 Å². The zero-order valence-corrected chi connectivity index (χ0v) is 8.03. The summed E-state index contributed by atoms with van der Waals surface area (Å²) < 4.78 is 2.10. The summed E-state index contributed by atoms with van der Waals surface area (Å²) in [5, 5.41) is 9.28. The Balaban J connectivity index is 2.21. The van der Waals surface area contributed by atoms with Crippen LogP contribution in [0.3, 0.4) is 0 Å². The summed E-state index contributed by atoms with van der Waals surface area (Å²) >= 11 is 0. The fourth-order valence-corrected chi connectivity index (χ4v) is 1.97. The number of imidazole rings is 1. The molecule has 0 spiro atoms. The number of fused-ring (bicyclic) bond motifs is 1. The second-order valence-corrected chi connectivity index (χ2v) is 3.85. The molecule has 3 nitrogen and oxygen atoms in total. The van der Waals surface area contributed by atoms with Crippen molar-refractivity contribution in [1.29, 1.82) is 0 Å². The van der Waals surface area contributed by atoms with Gasteiger partial charge in [0, 0.05) is 12.2 Å². The second-order valence-electron chi connectivity index (χ2n) is 3.85. The molecule has 72 valence electrons. The Bertz CT molecular complexity index is 291. The molecule has 1 heterocycles. The number of aliphatic hydroxyl groups is 1. The van der Waals surface area contributed by atoms with Crippen molar-refractivity contribution < 1.29 is 5.11 Å².